The number of benzene rings is 1. The molecule has 0 aliphatic carbocycles. The highest BCUT2D eigenvalue weighted by Gasteiger charge is 2.09. The number of hydrogen-bond acceptors (Lipinski definition) is 3. The molecule has 0 fully saturated rings. The molecule has 3 nitrogen and oxygen atoms in total. The highest BCUT2D eigenvalue weighted by atomic mass is 35.5. The van der Waals surface area contributed by atoms with E-state index in [2.05, 4.69) is 4.98 Å². The van der Waals surface area contributed by atoms with Gasteiger partial charge < -0.3 is 4.74 Å². The molecule has 0 N–H and O–H groups in total. The number of pyridine rings is 1. The van der Waals surface area contributed by atoms with E-state index in [9.17, 15) is 4.79 Å². The topological polar surface area (TPSA) is 39.2 Å². The van der Waals surface area contributed by atoms with Crippen LogP contribution in [0.3, 0.4) is 0 Å². The average molecular weight is 317 g/mol. The molecule has 0 bridgehead atoms. The fraction of sp³-hybridized carbons (Fsp3) is 0.0769. The van der Waals surface area contributed by atoms with E-state index in [1.54, 1.807) is 30.5 Å². The van der Waals surface area contributed by atoms with Gasteiger partial charge in [0.2, 0.25) is 0 Å². The van der Waals surface area contributed by atoms with Gasteiger partial charge in [-0.1, -0.05) is 40.9 Å². The Balaban J connectivity index is 2.01. The van der Waals surface area contributed by atoms with Crippen LogP contribution in [-0.4, -0.2) is 11.0 Å². The molecular weight excluding hydrogens is 309 g/mol. The molecule has 0 unspecified atom stereocenters. The number of halogens is 3. The van der Waals surface area contributed by atoms with Crippen LogP contribution < -0.4 is 0 Å². The molecule has 0 amide bonds. The summed E-state index contributed by atoms with van der Waals surface area (Å²) in [6, 6.07) is 7.93. The van der Waals surface area contributed by atoms with Gasteiger partial charge in [0.25, 0.3) is 0 Å². The Morgan fingerprint density at radius 1 is 1.11 bits per heavy atom. The van der Waals surface area contributed by atoms with E-state index in [1.807, 2.05) is 0 Å². The second-order valence-electron chi connectivity index (χ2n) is 3.69. The Bertz CT molecular complexity index is 599. The van der Waals surface area contributed by atoms with Crippen LogP contribution in [0.5, 0.6) is 0 Å². The Morgan fingerprint density at radius 3 is 2.53 bits per heavy atom. The lowest BCUT2D eigenvalue weighted by Crippen LogP contribution is -2.05. The van der Waals surface area contributed by atoms with Gasteiger partial charge in [0.05, 0.1) is 15.6 Å². The average Bonchev–Trinajstić information content (AvgIpc) is 2.41. The molecule has 6 heteroatoms. The molecule has 0 atom stereocenters. The summed E-state index contributed by atoms with van der Waals surface area (Å²) >= 11 is 17.3. The van der Waals surface area contributed by atoms with Crippen LogP contribution >= 0.6 is 34.8 Å². The minimum Gasteiger partial charge on any atom is -0.457 e. The lowest BCUT2D eigenvalue weighted by molar-refractivity contribution is 0.0472. The van der Waals surface area contributed by atoms with Gasteiger partial charge in [0.15, 0.2) is 0 Å². The molecule has 2 rings (SSSR count). The molecule has 0 saturated carbocycles. The number of carbonyl (C=O) groups is 1. The van der Waals surface area contributed by atoms with E-state index < -0.39 is 5.97 Å². The minimum atomic E-state index is -0.478. The van der Waals surface area contributed by atoms with Crippen LogP contribution in [0.4, 0.5) is 0 Å². The summed E-state index contributed by atoms with van der Waals surface area (Å²) in [7, 11) is 0. The minimum absolute atomic E-state index is 0.114. The maximum absolute atomic E-state index is 11.8. The molecule has 0 saturated heterocycles. The van der Waals surface area contributed by atoms with E-state index in [4.69, 9.17) is 39.5 Å². The van der Waals surface area contributed by atoms with Crippen molar-refractivity contribution in [2.45, 2.75) is 6.61 Å². The molecule has 1 aromatic carbocycles. The van der Waals surface area contributed by atoms with Crippen molar-refractivity contribution in [3.05, 3.63) is 62.9 Å². The Morgan fingerprint density at radius 2 is 1.89 bits per heavy atom. The first kappa shape index (κ1) is 14.1. The number of nitrogens with zero attached hydrogens (tertiary/aromatic N) is 1. The number of esters is 1. The standard InChI is InChI=1S/C13H8Cl3NO2/c14-10-3-2-9(5-11(10)15)13(18)19-7-8-1-4-12(16)17-6-8/h1-6H,7H2. The molecule has 0 spiro atoms. The number of rotatable bonds is 3. The summed E-state index contributed by atoms with van der Waals surface area (Å²) < 4.78 is 5.13. The van der Waals surface area contributed by atoms with Crippen LogP contribution in [-0.2, 0) is 11.3 Å². The third-order valence-electron chi connectivity index (χ3n) is 2.31. The van der Waals surface area contributed by atoms with Gasteiger partial charge in [-0.05, 0) is 24.3 Å². The summed E-state index contributed by atoms with van der Waals surface area (Å²) in [5.41, 5.74) is 1.09. The summed E-state index contributed by atoms with van der Waals surface area (Å²) in [6.07, 6.45) is 1.55. The second kappa shape index (κ2) is 6.24. The van der Waals surface area contributed by atoms with E-state index in [-0.39, 0.29) is 6.61 Å². The third-order valence-corrected chi connectivity index (χ3v) is 3.28. The lowest BCUT2D eigenvalue weighted by Gasteiger charge is -2.05. The summed E-state index contributed by atoms with van der Waals surface area (Å²) in [5.74, 6) is -0.478. The maximum atomic E-state index is 11.8. The van der Waals surface area contributed by atoms with Gasteiger partial charge in [-0.25, -0.2) is 9.78 Å². The van der Waals surface area contributed by atoms with Crippen molar-refractivity contribution in [2.75, 3.05) is 0 Å². The van der Waals surface area contributed by atoms with Crippen molar-refractivity contribution in [1.82, 2.24) is 4.98 Å². The van der Waals surface area contributed by atoms with Gasteiger partial charge in [-0.15, -0.1) is 0 Å². The molecular formula is C13H8Cl3NO2. The zero-order valence-corrected chi connectivity index (χ0v) is 11.8. The summed E-state index contributed by atoms with van der Waals surface area (Å²) in [6.45, 7) is 0.114. The number of aromatic nitrogens is 1. The predicted octanol–water partition coefficient (Wildman–Crippen LogP) is 4.40. The van der Waals surface area contributed by atoms with Crippen LogP contribution in [0.2, 0.25) is 15.2 Å². The van der Waals surface area contributed by atoms with Gasteiger partial charge in [-0.3, -0.25) is 0 Å². The van der Waals surface area contributed by atoms with Crippen molar-refractivity contribution in [3.63, 3.8) is 0 Å². The molecule has 19 heavy (non-hydrogen) atoms. The Kier molecular flexibility index (Phi) is 4.64. The van der Waals surface area contributed by atoms with Crippen molar-refractivity contribution in [2.24, 2.45) is 0 Å². The van der Waals surface area contributed by atoms with Crippen molar-refractivity contribution in [3.8, 4) is 0 Å². The van der Waals surface area contributed by atoms with Crippen LogP contribution in [0.15, 0.2) is 36.5 Å². The highest BCUT2D eigenvalue weighted by Crippen LogP contribution is 2.23. The van der Waals surface area contributed by atoms with Crippen molar-refractivity contribution >= 4 is 40.8 Å². The van der Waals surface area contributed by atoms with Crippen LogP contribution in [0.1, 0.15) is 15.9 Å². The molecule has 1 aromatic heterocycles. The van der Waals surface area contributed by atoms with Crippen molar-refractivity contribution < 1.29 is 9.53 Å². The van der Waals surface area contributed by atoms with Gasteiger partial charge in [0.1, 0.15) is 11.8 Å². The molecule has 98 valence electrons. The van der Waals surface area contributed by atoms with Crippen LogP contribution in [0.25, 0.3) is 0 Å². The second-order valence-corrected chi connectivity index (χ2v) is 4.90. The van der Waals surface area contributed by atoms with Gasteiger partial charge in [0, 0.05) is 11.8 Å². The highest BCUT2D eigenvalue weighted by molar-refractivity contribution is 6.42. The smallest absolute Gasteiger partial charge is 0.338 e. The van der Waals surface area contributed by atoms with Gasteiger partial charge >= 0.3 is 5.97 Å². The first-order chi connectivity index (χ1) is 9.06. The predicted molar refractivity (Wildman–Crippen MR) is 74.8 cm³/mol. The summed E-state index contributed by atoms with van der Waals surface area (Å²) in [4.78, 5) is 15.7. The molecule has 0 aliphatic rings. The zero-order chi connectivity index (χ0) is 13.8. The van der Waals surface area contributed by atoms with E-state index in [0.717, 1.165) is 5.56 Å². The number of carbonyl (C=O) groups excluding carboxylic acids is 1. The van der Waals surface area contributed by atoms with E-state index in [1.165, 1.54) is 6.07 Å². The number of ether oxygens (including phenoxy) is 1. The summed E-state index contributed by atoms with van der Waals surface area (Å²) in [5, 5.41) is 1.09. The lowest BCUT2D eigenvalue weighted by atomic mass is 10.2. The fourth-order valence-electron chi connectivity index (χ4n) is 1.35. The van der Waals surface area contributed by atoms with Crippen LogP contribution in [0, 0.1) is 0 Å². The molecule has 0 radical (unpaired) electrons. The molecule has 0 aliphatic heterocycles. The van der Waals surface area contributed by atoms with E-state index in [0.29, 0.717) is 20.8 Å². The zero-order valence-electron chi connectivity index (χ0n) is 9.57. The molecule has 1 heterocycles. The SMILES string of the molecule is O=C(OCc1ccc(Cl)nc1)c1ccc(Cl)c(Cl)c1. The van der Waals surface area contributed by atoms with Crippen molar-refractivity contribution in [1.29, 1.82) is 0 Å². The fourth-order valence-corrected chi connectivity index (χ4v) is 1.76. The first-order valence-electron chi connectivity index (χ1n) is 5.29. The third kappa shape index (κ3) is 3.83. The quantitative estimate of drug-likeness (QED) is 0.622. The van der Waals surface area contributed by atoms with Gasteiger partial charge in [-0.2, -0.15) is 0 Å². The monoisotopic (exact) mass is 315 g/mol. The normalized spacial score (nSPS) is 10.3. The Labute approximate surface area is 125 Å². The largest absolute Gasteiger partial charge is 0.457 e. The maximum Gasteiger partial charge on any atom is 0.338 e. The number of hydrogen-bond donors (Lipinski definition) is 0. The first-order valence-corrected chi connectivity index (χ1v) is 6.42. The molecule has 2 aromatic rings. The van der Waals surface area contributed by atoms with E-state index >= 15 is 0 Å². The Hall–Kier alpha value is -1.29.